The predicted molar refractivity (Wildman–Crippen MR) is 141 cm³/mol. The van der Waals surface area contributed by atoms with E-state index in [-0.39, 0.29) is 39.2 Å². The quantitative estimate of drug-likeness (QED) is 0.144. The fourth-order valence-corrected chi connectivity index (χ4v) is 5.41. The largest absolute Gasteiger partial charge is 0.457 e. The summed E-state index contributed by atoms with van der Waals surface area (Å²) in [7, 11) is 0. The zero-order valence-electron chi connectivity index (χ0n) is 20.6. The Bertz CT molecular complexity index is 1740. The number of ether oxygens (including phenoxy) is 1. The summed E-state index contributed by atoms with van der Waals surface area (Å²) in [5, 5.41) is 11.9. The number of amides is 1. The molecule has 2 aromatic heterocycles. The highest BCUT2D eigenvalue weighted by atomic mass is 32.1. The molecule has 3 heterocycles. The first-order valence-corrected chi connectivity index (χ1v) is 12.3. The van der Waals surface area contributed by atoms with Gasteiger partial charge in [-0.15, -0.1) is 0 Å². The predicted octanol–water partition coefficient (Wildman–Crippen LogP) is 5.18. The van der Waals surface area contributed by atoms with Gasteiger partial charge in [-0.25, -0.2) is 9.78 Å². The Kier molecular flexibility index (Phi) is 6.15. The summed E-state index contributed by atoms with van der Waals surface area (Å²) < 4.78 is 11.1. The van der Waals surface area contributed by atoms with Crippen molar-refractivity contribution in [3.63, 3.8) is 0 Å². The minimum absolute atomic E-state index is 0.000253. The fraction of sp³-hybridized carbons (Fsp3) is 0.185. The molecule has 1 atom stereocenters. The molecule has 0 saturated carbocycles. The van der Waals surface area contributed by atoms with Crippen molar-refractivity contribution in [2.45, 2.75) is 26.8 Å². The molecule has 38 heavy (non-hydrogen) atoms. The molecule has 10 nitrogen and oxygen atoms in total. The highest BCUT2D eigenvalue weighted by molar-refractivity contribution is 7.17. The van der Waals surface area contributed by atoms with Crippen molar-refractivity contribution in [3.05, 3.63) is 108 Å². The molecule has 1 aliphatic rings. The number of anilines is 1. The van der Waals surface area contributed by atoms with Gasteiger partial charge in [0.25, 0.3) is 11.6 Å². The average Bonchev–Trinajstić information content (AvgIpc) is 3.41. The lowest BCUT2D eigenvalue weighted by Gasteiger charge is -2.22. The van der Waals surface area contributed by atoms with Crippen molar-refractivity contribution in [2.75, 3.05) is 11.5 Å². The lowest BCUT2D eigenvalue weighted by atomic mass is 9.97. The number of aromatic nitrogens is 1. The number of rotatable bonds is 6. The molecule has 2 aromatic carbocycles. The highest BCUT2D eigenvalue weighted by Gasteiger charge is 2.45. The SMILES string of the molecule is C=CCOC(=O)c1sc(N2C(=O)c3oc4cc(C)c(C)cc4c(=O)c3C2c2cccc([N+](=O)[O-])c2)nc1C. The van der Waals surface area contributed by atoms with Gasteiger partial charge in [-0.1, -0.05) is 36.1 Å². The topological polar surface area (TPSA) is 133 Å². The first kappa shape index (κ1) is 25.0. The molecule has 1 aliphatic heterocycles. The Labute approximate surface area is 219 Å². The lowest BCUT2D eigenvalue weighted by molar-refractivity contribution is -0.384. The average molecular weight is 532 g/mol. The van der Waals surface area contributed by atoms with Crippen LogP contribution < -0.4 is 10.3 Å². The fourth-order valence-electron chi connectivity index (χ4n) is 4.42. The summed E-state index contributed by atoms with van der Waals surface area (Å²) in [4.78, 5) is 57.0. The van der Waals surface area contributed by atoms with E-state index >= 15 is 0 Å². The molecule has 1 amide bonds. The summed E-state index contributed by atoms with van der Waals surface area (Å²) in [5.74, 6) is -1.45. The maximum Gasteiger partial charge on any atom is 0.350 e. The maximum atomic E-state index is 13.8. The zero-order chi connectivity index (χ0) is 27.3. The third kappa shape index (κ3) is 3.97. The normalized spacial score (nSPS) is 14.6. The van der Waals surface area contributed by atoms with Crippen LogP contribution in [-0.2, 0) is 4.74 Å². The van der Waals surface area contributed by atoms with Crippen LogP contribution >= 0.6 is 11.3 Å². The van der Waals surface area contributed by atoms with Gasteiger partial charge in [-0.3, -0.25) is 24.6 Å². The molecule has 0 spiro atoms. The van der Waals surface area contributed by atoms with E-state index in [2.05, 4.69) is 11.6 Å². The summed E-state index contributed by atoms with van der Waals surface area (Å²) >= 11 is 0.921. The van der Waals surface area contributed by atoms with Crippen molar-refractivity contribution in [3.8, 4) is 0 Å². The first-order valence-electron chi connectivity index (χ1n) is 11.5. The number of thiazole rings is 1. The van der Waals surface area contributed by atoms with E-state index in [1.165, 1.54) is 29.2 Å². The van der Waals surface area contributed by atoms with E-state index in [4.69, 9.17) is 9.15 Å². The zero-order valence-corrected chi connectivity index (χ0v) is 21.5. The first-order chi connectivity index (χ1) is 18.1. The van der Waals surface area contributed by atoms with Gasteiger partial charge in [0, 0.05) is 12.1 Å². The van der Waals surface area contributed by atoms with Gasteiger partial charge in [0.1, 0.15) is 17.1 Å². The Hall–Kier alpha value is -4.64. The molecule has 0 aliphatic carbocycles. The molecule has 192 valence electrons. The second kappa shape index (κ2) is 9.34. The van der Waals surface area contributed by atoms with Crippen LogP contribution in [-0.4, -0.2) is 28.4 Å². The van der Waals surface area contributed by atoms with Crippen LogP contribution in [0.15, 0.2) is 58.3 Å². The Morgan fingerprint density at radius 2 is 1.97 bits per heavy atom. The Morgan fingerprint density at radius 1 is 1.24 bits per heavy atom. The van der Waals surface area contributed by atoms with Crippen molar-refractivity contribution >= 4 is 45.0 Å². The minimum Gasteiger partial charge on any atom is -0.457 e. The monoisotopic (exact) mass is 531 g/mol. The Morgan fingerprint density at radius 3 is 2.68 bits per heavy atom. The van der Waals surface area contributed by atoms with Crippen molar-refractivity contribution < 1.29 is 23.7 Å². The number of benzene rings is 2. The van der Waals surface area contributed by atoms with Crippen LogP contribution in [0.5, 0.6) is 0 Å². The third-order valence-electron chi connectivity index (χ3n) is 6.39. The van der Waals surface area contributed by atoms with Crippen molar-refractivity contribution in [2.24, 2.45) is 0 Å². The molecule has 1 unspecified atom stereocenters. The highest BCUT2D eigenvalue weighted by Crippen LogP contribution is 2.43. The molecule has 4 aromatic rings. The number of esters is 1. The number of nitro groups is 1. The van der Waals surface area contributed by atoms with Gasteiger partial charge in [0.15, 0.2) is 10.6 Å². The van der Waals surface area contributed by atoms with Crippen molar-refractivity contribution in [1.29, 1.82) is 0 Å². The van der Waals surface area contributed by atoms with E-state index in [1.807, 2.05) is 13.8 Å². The number of non-ortho nitro benzene ring substituents is 1. The van der Waals surface area contributed by atoms with Crippen molar-refractivity contribution in [1.82, 2.24) is 4.98 Å². The van der Waals surface area contributed by atoms with Crippen LogP contribution in [0, 0.1) is 30.9 Å². The summed E-state index contributed by atoms with van der Waals surface area (Å²) in [6.45, 7) is 8.86. The van der Waals surface area contributed by atoms with E-state index in [0.717, 1.165) is 22.5 Å². The van der Waals surface area contributed by atoms with Crippen LogP contribution in [0.1, 0.15) is 54.2 Å². The maximum absolute atomic E-state index is 13.8. The molecule has 0 bridgehead atoms. The van der Waals surface area contributed by atoms with E-state index in [9.17, 15) is 24.5 Å². The van der Waals surface area contributed by atoms with Gasteiger partial charge >= 0.3 is 5.97 Å². The van der Waals surface area contributed by atoms with E-state index < -0.39 is 28.3 Å². The number of nitrogens with zero attached hydrogens (tertiary/aromatic N) is 3. The Balaban J connectivity index is 1.76. The van der Waals surface area contributed by atoms with Gasteiger partial charge in [-0.2, -0.15) is 0 Å². The summed E-state index contributed by atoms with van der Waals surface area (Å²) in [6, 6.07) is 8.04. The number of nitro benzene ring substituents is 1. The molecular weight excluding hydrogens is 510 g/mol. The van der Waals surface area contributed by atoms with Crippen LogP contribution in [0.25, 0.3) is 11.0 Å². The molecule has 0 radical (unpaired) electrons. The number of hydrogen-bond donors (Lipinski definition) is 0. The standard InChI is InChI=1S/C27H21N3O7S/c1-5-9-36-26(33)24-15(4)28-27(38-24)29-21(16-7-6-8-17(12-16)30(34)35)20-22(31)18-10-13(2)14(3)11-19(18)37-23(20)25(29)32/h5-8,10-12,21H,1,9H2,2-4H3. The third-order valence-corrected chi connectivity index (χ3v) is 7.53. The van der Waals surface area contributed by atoms with E-state index in [0.29, 0.717) is 16.6 Å². The number of carbonyl (C=O) groups is 2. The minimum atomic E-state index is -1.07. The van der Waals surface area contributed by atoms with Crippen LogP contribution in [0.4, 0.5) is 10.8 Å². The molecule has 0 saturated heterocycles. The molecule has 0 N–H and O–H groups in total. The van der Waals surface area contributed by atoms with Crippen LogP contribution in [0.2, 0.25) is 0 Å². The number of aryl methyl sites for hydroxylation is 3. The number of hydrogen-bond acceptors (Lipinski definition) is 9. The van der Waals surface area contributed by atoms with Crippen LogP contribution in [0.3, 0.4) is 0 Å². The second-order valence-electron chi connectivity index (χ2n) is 8.83. The molecule has 11 heteroatoms. The smallest absolute Gasteiger partial charge is 0.350 e. The molecule has 5 rings (SSSR count). The lowest BCUT2D eigenvalue weighted by Crippen LogP contribution is -2.29. The summed E-state index contributed by atoms with van der Waals surface area (Å²) in [6.07, 6.45) is 1.43. The summed E-state index contributed by atoms with van der Waals surface area (Å²) in [5.41, 5.74) is 2.09. The molecule has 0 fully saturated rings. The van der Waals surface area contributed by atoms with Gasteiger partial charge in [0.2, 0.25) is 5.76 Å². The van der Waals surface area contributed by atoms with Gasteiger partial charge in [0.05, 0.1) is 27.6 Å². The van der Waals surface area contributed by atoms with Gasteiger partial charge in [-0.05, 0) is 49.6 Å². The van der Waals surface area contributed by atoms with Gasteiger partial charge < -0.3 is 9.15 Å². The second-order valence-corrected chi connectivity index (χ2v) is 9.81. The molecular formula is C27H21N3O7S. The number of carbonyl (C=O) groups excluding carboxylic acids is 2. The number of fused-ring (bicyclic) bond motifs is 2. The van der Waals surface area contributed by atoms with E-state index in [1.54, 1.807) is 25.1 Å².